The first-order chi connectivity index (χ1) is 12.8. The van der Waals surface area contributed by atoms with Crippen molar-refractivity contribution in [3.05, 3.63) is 41.5 Å². The number of hydrogen-bond acceptors (Lipinski definition) is 7. The van der Waals surface area contributed by atoms with Crippen LogP contribution in [0.4, 0.5) is 0 Å². The first-order valence-corrected chi connectivity index (χ1v) is 10.0. The molecular weight excluding hydrogens is 360 g/mol. The molecule has 1 aromatic carbocycles. The first kappa shape index (κ1) is 18.0. The molecule has 0 saturated heterocycles. The third-order valence-electron chi connectivity index (χ3n) is 4.70. The van der Waals surface area contributed by atoms with Gasteiger partial charge in [0.25, 0.3) is 0 Å². The molecule has 2 aromatic heterocycles. The molecule has 7 nitrogen and oxygen atoms in total. The molecule has 2 heterocycles. The van der Waals surface area contributed by atoms with Gasteiger partial charge in [0.2, 0.25) is 11.0 Å². The Balaban J connectivity index is 1.51. The monoisotopic (exact) mass is 384 g/mol. The Morgan fingerprint density at radius 3 is 2.52 bits per heavy atom. The molecule has 1 fully saturated rings. The summed E-state index contributed by atoms with van der Waals surface area (Å²) in [5, 5.41) is 13.1. The van der Waals surface area contributed by atoms with Crippen molar-refractivity contribution >= 4 is 11.8 Å². The van der Waals surface area contributed by atoms with Gasteiger partial charge in [-0.1, -0.05) is 62.0 Å². The van der Waals surface area contributed by atoms with E-state index in [2.05, 4.69) is 53.2 Å². The van der Waals surface area contributed by atoms with Crippen LogP contribution in [0.3, 0.4) is 0 Å². The van der Waals surface area contributed by atoms with E-state index < -0.39 is 0 Å². The van der Waals surface area contributed by atoms with Gasteiger partial charge < -0.3 is 10.4 Å². The van der Waals surface area contributed by atoms with Crippen LogP contribution in [-0.4, -0.2) is 25.0 Å². The van der Waals surface area contributed by atoms with Crippen LogP contribution in [0.25, 0.3) is 11.4 Å². The van der Waals surface area contributed by atoms with Gasteiger partial charge in [-0.2, -0.15) is 4.98 Å². The number of thioether (sulfide) groups is 1. The van der Waals surface area contributed by atoms with E-state index in [1.807, 2.05) is 19.1 Å². The van der Waals surface area contributed by atoms with Crippen molar-refractivity contribution in [1.29, 1.82) is 0 Å². The van der Waals surface area contributed by atoms with Crippen LogP contribution in [0.5, 0.6) is 0 Å². The summed E-state index contributed by atoms with van der Waals surface area (Å²) in [6.45, 7) is 8.57. The molecule has 8 heteroatoms. The van der Waals surface area contributed by atoms with Crippen molar-refractivity contribution in [2.75, 3.05) is 5.84 Å². The summed E-state index contributed by atoms with van der Waals surface area (Å²) in [5.41, 5.74) is 2.31. The topological polar surface area (TPSA) is 95.7 Å². The van der Waals surface area contributed by atoms with Gasteiger partial charge in [0.15, 0.2) is 11.6 Å². The van der Waals surface area contributed by atoms with Crippen LogP contribution >= 0.6 is 11.8 Å². The Labute approximate surface area is 162 Å². The van der Waals surface area contributed by atoms with Gasteiger partial charge in [0, 0.05) is 11.5 Å². The van der Waals surface area contributed by atoms with Crippen LogP contribution < -0.4 is 5.84 Å². The maximum Gasteiger partial charge on any atom is 0.239 e. The minimum absolute atomic E-state index is 0.0485. The normalized spacial score (nSPS) is 15.9. The third kappa shape index (κ3) is 3.71. The summed E-state index contributed by atoms with van der Waals surface area (Å²) in [5.74, 6) is 8.77. The number of benzene rings is 1. The van der Waals surface area contributed by atoms with Crippen molar-refractivity contribution < 1.29 is 4.52 Å². The molecule has 142 valence electrons. The lowest BCUT2D eigenvalue weighted by molar-refractivity contribution is 0.374. The maximum absolute atomic E-state index is 6.25. The largest absolute Gasteiger partial charge is 0.338 e. The van der Waals surface area contributed by atoms with E-state index in [9.17, 15) is 0 Å². The molecule has 0 spiro atoms. The number of hydrogen-bond donors (Lipinski definition) is 1. The first-order valence-electron chi connectivity index (χ1n) is 9.14. The van der Waals surface area contributed by atoms with Crippen LogP contribution in [0, 0.1) is 0 Å². The number of aromatic nitrogens is 5. The van der Waals surface area contributed by atoms with Crippen molar-refractivity contribution in [2.24, 2.45) is 0 Å². The second-order valence-corrected chi connectivity index (χ2v) is 9.34. The molecule has 3 aromatic rings. The second kappa shape index (κ2) is 6.67. The average molecular weight is 385 g/mol. The lowest BCUT2D eigenvalue weighted by Crippen LogP contribution is -2.13. The van der Waals surface area contributed by atoms with Gasteiger partial charge in [-0.3, -0.25) is 0 Å². The predicted molar refractivity (Wildman–Crippen MR) is 105 cm³/mol. The van der Waals surface area contributed by atoms with E-state index in [1.165, 1.54) is 22.0 Å². The van der Waals surface area contributed by atoms with Crippen LogP contribution in [0.2, 0.25) is 0 Å². The van der Waals surface area contributed by atoms with Gasteiger partial charge in [-0.05, 0) is 30.7 Å². The van der Waals surface area contributed by atoms with Crippen molar-refractivity contribution in [3.8, 4) is 11.4 Å². The molecule has 0 unspecified atom stereocenters. The van der Waals surface area contributed by atoms with E-state index in [1.54, 1.807) is 0 Å². The number of rotatable bonds is 5. The Kier molecular flexibility index (Phi) is 4.46. The predicted octanol–water partition coefficient (Wildman–Crippen LogP) is 4.07. The molecule has 0 bridgehead atoms. The SMILES string of the molecule is C[C@H](Sc1nnc(-c2ccc(C(C)(C)C)cc2)n1N)c1nc(C2CC2)no1. The van der Waals surface area contributed by atoms with E-state index >= 15 is 0 Å². The number of nitrogen functional groups attached to an aromatic ring is 1. The number of nitrogens with zero attached hydrogens (tertiary/aromatic N) is 5. The smallest absolute Gasteiger partial charge is 0.239 e. The van der Waals surface area contributed by atoms with Crippen molar-refractivity contribution in [1.82, 2.24) is 25.0 Å². The fourth-order valence-corrected chi connectivity index (χ4v) is 3.60. The summed E-state index contributed by atoms with van der Waals surface area (Å²) < 4.78 is 6.92. The Bertz CT molecular complexity index is 936. The summed E-state index contributed by atoms with van der Waals surface area (Å²) in [7, 11) is 0. The molecule has 1 atom stereocenters. The summed E-state index contributed by atoms with van der Waals surface area (Å²) >= 11 is 1.46. The Hall–Kier alpha value is -2.35. The van der Waals surface area contributed by atoms with Crippen molar-refractivity contribution in [3.63, 3.8) is 0 Å². The summed E-state index contributed by atoms with van der Waals surface area (Å²) in [6, 6.07) is 8.28. The lowest BCUT2D eigenvalue weighted by Gasteiger charge is -2.19. The highest BCUT2D eigenvalue weighted by Crippen LogP contribution is 2.40. The zero-order valence-corrected chi connectivity index (χ0v) is 16.8. The molecule has 2 N–H and O–H groups in total. The highest BCUT2D eigenvalue weighted by Gasteiger charge is 2.30. The third-order valence-corrected chi connectivity index (χ3v) is 5.75. The minimum atomic E-state index is -0.0485. The van der Waals surface area contributed by atoms with E-state index in [-0.39, 0.29) is 10.7 Å². The molecule has 1 saturated carbocycles. The molecule has 1 aliphatic rings. The summed E-state index contributed by atoms with van der Waals surface area (Å²) in [6.07, 6.45) is 2.30. The fraction of sp³-hybridized carbons (Fsp3) is 0.474. The summed E-state index contributed by atoms with van der Waals surface area (Å²) in [4.78, 5) is 4.50. The zero-order chi connectivity index (χ0) is 19.2. The van der Waals surface area contributed by atoms with E-state index in [4.69, 9.17) is 10.4 Å². The highest BCUT2D eigenvalue weighted by molar-refractivity contribution is 7.99. The van der Waals surface area contributed by atoms with Gasteiger partial charge >= 0.3 is 0 Å². The molecule has 0 amide bonds. The average Bonchev–Trinajstić information content (AvgIpc) is 3.25. The molecule has 4 rings (SSSR count). The zero-order valence-electron chi connectivity index (χ0n) is 16.0. The number of nitrogens with two attached hydrogens (primary N) is 1. The molecule has 0 aliphatic heterocycles. The Morgan fingerprint density at radius 2 is 1.89 bits per heavy atom. The van der Waals surface area contributed by atoms with Crippen LogP contribution in [0.15, 0.2) is 33.9 Å². The lowest BCUT2D eigenvalue weighted by atomic mass is 9.87. The van der Waals surface area contributed by atoms with Gasteiger partial charge in [-0.25, -0.2) is 4.68 Å². The maximum atomic E-state index is 6.25. The molecule has 27 heavy (non-hydrogen) atoms. The standard InChI is InChI=1S/C19H24N6OS/c1-11(17-21-15(24-26-17)12-5-6-12)27-18-23-22-16(25(18)20)13-7-9-14(10-8-13)19(2,3)4/h7-12H,5-6,20H2,1-4H3/t11-/m0/s1. The van der Waals surface area contributed by atoms with Crippen molar-refractivity contribution in [2.45, 2.75) is 62.3 Å². The Morgan fingerprint density at radius 1 is 1.19 bits per heavy atom. The second-order valence-electron chi connectivity index (χ2n) is 8.03. The fourth-order valence-electron chi connectivity index (χ4n) is 2.80. The highest BCUT2D eigenvalue weighted by atomic mass is 32.2. The molecule has 1 aliphatic carbocycles. The van der Waals surface area contributed by atoms with Gasteiger partial charge in [0.05, 0.1) is 5.25 Å². The quantitative estimate of drug-likeness (QED) is 0.523. The van der Waals surface area contributed by atoms with Gasteiger partial charge in [-0.15, -0.1) is 10.2 Å². The van der Waals surface area contributed by atoms with E-state index in [0.29, 0.717) is 22.8 Å². The molecule has 0 radical (unpaired) electrons. The molecular formula is C19H24N6OS. The van der Waals surface area contributed by atoms with E-state index in [0.717, 1.165) is 24.2 Å². The van der Waals surface area contributed by atoms with Crippen LogP contribution in [0.1, 0.15) is 69.0 Å². The minimum Gasteiger partial charge on any atom is -0.338 e. The van der Waals surface area contributed by atoms with Gasteiger partial charge in [0.1, 0.15) is 0 Å². The van der Waals surface area contributed by atoms with Crippen LogP contribution in [-0.2, 0) is 5.41 Å².